The van der Waals surface area contributed by atoms with Crippen molar-refractivity contribution in [3.63, 3.8) is 0 Å². The Bertz CT molecular complexity index is 538. The lowest BCUT2D eigenvalue weighted by atomic mass is 10.1. The van der Waals surface area contributed by atoms with Crippen molar-refractivity contribution >= 4 is 11.9 Å². The Hall–Kier alpha value is -2.28. The Morgan fingerprint density at radius 2 is 1.90 bits per heavy atom. The second-order valence-electron chi connectivity index (χ2n) is 4.85. The number of methoxy groups -OCH3 is 1. The molecule has 2 rings (SSSR count). The molecule has 0 spiro atoms. The average molecular weight is 294 g/mol. The molecule has 0 atom stereocenters. The molecule has 1 aliphatic heterocycles. The summed E-state index contributed by atoms with van der Waals surface area (Å²) >= 11 is 0. The molecule has 1 fully saturated rings. The minimum Gasteiger partial charge on any atom is -0.507 e. The summed E-state index contributed by atoms with van der Waals surface area (Å²) in [7, 11) is 1.48. The van der Waals surface area contributed by atoms with Gasteiger partial charge < -0.3 is 19.8 Å². The highest BCUT2D eigenvalue weighted by atomic mass is 16.5. The maximum absolute atomic E-state index is 12.3. The van der Waals surface area contributed by atoms with Gasteiger partial charge in [-0.15, -0.1) is 0 Å². The van der Waals surface area contributed by atoms with Crippen LogP contribution in [-0.2, 0) is 4.79 Å². The molecule has 1 aliphatic rings. The van der Waals surface area contributed by atoms with Crippen molar-refractivity contribution in [2.24, 2.45) is 0 Å². The van der Waals surface area contributed by atoms with Crippen molar-refractivity contribution in [3.8, 4) is 11.5 Å². The molecular weight excluding hydrogens is 276 g/mol. The van der Waals surface area contributed by atoms with Gasteiger partial charge in [0.15, 0.2) is 0 Å². The Kier molecular flexibility index (Phi) is 4.64. The summed E-state index contributed by atoms with van der Waals surface area (Å²) in [5.41, 5.74) is 0.225. The number of aliphatic carboxylic acids is 1. The minimum absolute atomic E-state index is 0.0180. The lowest BCUT2D eigenvalue weighted by molar-refractivity contribution is -0.138. The number of hydrogen-bond donors (Lipinski definition) is 2. The van der Waals surface area contributed by atoms with Crippen molar-refractivity contribution in [3.05, 3.63) is 23.8 Å². The lowest BCUT2D eigenvalue weighted by Gasteiger charge is -2.33. The fourth-order valence-corrected chi connectivity index (χ4v) is 2.29. The van der Waals surface area contributed by atoms with Crippen LogP contribution in [0.3, 0.4) is 0 Å². The van der Waals surface area contributed by atoms with E-state index in [4.69, 9.17) is 9.84 Å². The van der Waals surface area contributed by atoms with Gasteiger partial charge in [-0.1, -0.05) is 0 Å². The van der Waals surface area contributed by atoms with Crippen LogP contribution in [0.5, 0.6) is 11.5 Å². The molecule has 1 aromatic carbocycles. The SMILES string of the molecule is COc1ccc(C(=O)N2CCN(CC(=O)O)CC2)c(O)c1. The quantitative estimate of drug-likeness (QED) is 0.827. The molecule has 7 heteroatoms. The van der Waals surface area contributed by atoms with E-state index >= 15 is 0 Å². The molecular formula is C14H18N2O5. The molecule has 1 heterocycles. The van der Waals surface area contributed by atoms with Gasteiger partial charge in [0.25, 0.3) is 5.91 Å². The maximum Gasteiger partial charge on any atom is 0.317 e. The van der Waals surface area contributed by atoms with Crippen molar-refractivity contribution in [1.29, 1.82) is 0 Å². The Labute approximate surface area is 122 Å². The number of benzene rings is 1. The number of carboxylic acids is 1. The van der Waals surface area contributed by atoms with E-state index in [1.165, 1.54) is 19.2 Å². The van der Waals surface area contributed by atoms with Crippen molar-refractivity contribution in [2.45, 2.75) is 0 Å². The molecule has 0 radical (unpaired) electrons. The molecule has 0 aromatic heterocycles. The standard InChI is InChI=1S/C14H18N2O5/c1-21-10-2-3-11(12(17)8-10)14(20)16-6-4-15(5-7-16)9-13(18)19/h2-3,8,17H,4-7,9H2,1H3,(H,18,19). The number of hydrogen-bond acceptors (Lipinski definition) is 5. The third kappa shape index (κ3) is 3.63. The van der Waals surface area contributed by atoms with E-state index in [1.807, 2.05) is 0 Å². The van der Waals surface area contributed by atoms with Crippen molar-refractivity contribution < 1.29 is 24.5 Å². The van der Waals surface area contributed by atoms with Gasteiger partial charge in [-0.3, -0.25) is 14.5 Å². The van der Waals surface area contributed by atoms with E-state index in [0.717, 1.165) is 0 Å². The first-order valence-electron chi connectivity index (χ1n) is 6.61. The van der Waals surface area contributed by atoms with Gasteiger partial charge in [-0.2, -0.15) is 0 Å². The molecule has 0 saturated carbocycles. The zero-order valence-corrected chi connectivity index (χ0v) is 11.8. The highest BCUT2D eigenvalue weighted by molar-refractivity contribution is 5.97. The molecule has 1 saturated heterocycles. The highest BCUT2D eigenvalue weighted by Crippen LogP contribution is 2.24. The normalized spacial score (nSPS) is 15.8. The Morgan fingerprint density at radius 1 is 1.24 bits per heavy atom. The van der Waals surface area contributed by atoms with E-state index < -0.39 is 5.97 Å². The third-order valence-electron chi connectivity index (χ3n) is 3.45. The van der Waals surface area contributed by atoms with Crippen LogP contribution in [0.4, 0.5) is 0 Å². The topological polar surface area (TPSA) is 90.3 Å². The highest BCUT2D eigenvalue weighted by Gasteiger charge is 2.24. The van der Waals surface area contributed by atoms with E-state index in [-0.39, 0.29) is 23.8 Å². The summed E-state index contributed by atoms with van der Waals surface area (Å²) in [4.78, 5) is 26.4. The summed E-state index contributed by atoms with van der Waals surface area (Å²) in [5, 5.41) is 18.6. The van der Waals surface area contributed by atoms with Crippen LogP contribution in [0.1, 0.15) is 10.4 Å². The molecule has 114 valence electrons. The molecule has 0 bridgehead atoms. The number of carboxylic acid groups (broad SMARTS) is 1. The smallest absolute Gasteiger partial charge is 0.317 e. The number of aromatic hydroxyl groups is 1. The Balaban J connectivity index is 2.00. The Morgan fingerprint density at radius 3 is 2.43 bits per heavy atom. The van der Waals surface area contributed by atoms with E-state index in [2.05, 4.69) is 0 Å². The number of nitrogens with zero attached hydrogens (tertiary/aromatic N) is 2. The van der Waals surface area contributed by atoms with Crippen LogP contribution < -0.4 is 4.74 Å². The fourth-order valence-electron chi connectivity index (χ4n) is 2.29. The van der Waals surface area contributed by atoms with Crippen molar-refractivity contribution in [2.75, 3.05) is 39.8 Å². The van der Waals surface area contributed by atoms with Crippen molar-refractivity contribution in [1.82, 2.24) is 9.80 Å². The van der Waals surface area contributed by atoms with Gasteiger partial charge in [0.1, 0.15) is 11.5 Å². The number of ether oxygens (including phenoxy) is 1. The number of carbonyl (C=O) groups is 2. The first kappa shape index (κ1) is 15.1. The monoisotopic (exact) mass is 294 g/mol. The molecule has 21 heavy (non-hydrogen) atoms. The van der Waals surface area contributed by atoms with E-state index in [1.54, 1.807) is 15.9 Å². The van der Waals surface area contributed by atoms with Crippen LogP contribution in [-0.4, -0.2) is 71.7 Å². The molecule has 1 aromatic rings. The molecule has 7 nitrogen and oxygen atoms in total. The van der Waals surface area contributed by atoms with Crippen LogP contribution in [0.2, 0.25) is 0 Å². The van der Waals surface area contributed by atoms with Gasteiger partial charge >= 0.3 is 5.97 Å². The predicted octanol–water partition coefficient (Wildman–Crippen LogP) is 0.243. The molecule has 1 amide bonds. The zero-order valence-electron chi connectivity index (χ0n) is 11.8. The summed E-state index contributed by atoms with van der Waals surface area (Å²) in [5.74, 6) is -0.768. The molecule has 0 unspecified atom stereocenters. The largest absolute Gasteiger partial charge is 0.507 e. The third-order valence-corrected chi connectivity index (χ3v) is 3.45. The van der Waals surface area contributed by atoms with Gasteiger partial charge in [0.05, 0.1) is 19.2 Å². The second-order valence-corrected chi connectivity index (χ2v) is 4.85. The van der Waals surface area contributed by atoms with Crippen LogP contribution in [0, 0.1) is 0 Å². The van der Waals surface area contributed by atoms with Gasteiger partial charge in [-0.25, -0.2) is 0 Å². The first-order chi connectivity index (χ1) is 10.0. The summed E-state index contributed by atoms with van der Waals surface area (Å²) in [6, 6.07) is 4.54. The van der Waals surface area contributed by atoms with Crippen LogP contribution in [0.25, 0.3) is 0 Å². The summed E-state index contributed by atoms with van der Waals surface area (Å²) < 4.78 is 4.98. The zero-order chi connectivity index (χ0) is 15.4. The molecule has 0 aliphatic carbocycles. The number of phenols is 1. The average Bonchev–Trinajstić information content (AvgIpc) is 2.46. The number of rotatable bonds is 4. The van der Waals surface area contributed by atoms with Crippen LogP contribution in [0.15, 0.2) is 18.2 Å². The van der Waals surface area contributed by atoms with Gasteiger partial charge in [-0.05, 0) is 12.1 Å². The summed E-state index contributed by atoms with van der Waals surface area (Å²) in [6.45, 7) is 1.88. The van der Waals surface area contributed by atoms with Gasteiger partial charge in [0, 0.05) is 32.2 Å². The number of piperazine rings is 1. The summed E-state index contributed by atoms with van der Waals surface area (Å²) in [6.07, 6.45) is 0. The van der Waals surface area contributed by atoms with E-state index in [0.29, 0.717) is 31.9 Å². The number of amides is 1. The fraction of sp³-hybridized carbons (Fsp3) is 0.429. The maximum atomic E-state index is 12.3. The predicted molar refractivity (Wildman–Crippen MR) is 74.6 cm³/mol. The first-order valence-corrected chi connectivity index (χ1v) is 6.61. The minimum atomic E-state index is -0.873. The van der Waals surface area contributed by atoms with Crippen LogP contribution >= 0.6 is 0 Å². The molecule has 2 N–H and O–H groups in total. The lowest BCUT2D eigenvalue weighted by Crippen LogP contribution is -2.49. The van der Waals surface area contributed by atoms with Gasteiger partial charge in [0.2, 0.25) is 0 Å². The second kappa shape index (κ2) is 6.45. The number of phenolic OH excluding ortho intramolecular Hbond substituents is 1. The number of carbonyl (C=O) groups excluding carboxylic acids is 1. The van der Waals surface area contributed by atoms with E-state index in [9.17, 15) is 14.7 Å².